The first-order valence-electron chi connectivity index (χ1n) is 6.60. The number of rotatable bonds is 1. The lowest BCUT2D eigenvalue weighted by molar-refractivity contribution is 1.39. The molecule has 2 heterocycles. The molecule has 0 radical (unpaired) electrons. The number of benzene rings is 2. The Balaban J connectivity index is 1.91. The SMILES string of the molecule is c1ccc2ncc(-c3ccc4cccnc4c3)cc2c1. The van der Waals surface area contributed by atoms with Gasteiger partial charge in [-0.25, -0.2) is 0 Å². The second-order valence-corrected chi connectivity index (χ2v) is 4.83. The van der Waals surface area contributed by atoms with Gasteiger partial charge in [0.25, 0.3) is 0 Å². The summed E-state index contributed by atoms with van der Waals surface area (Å²) in [6, 6.07) is 20.7. The standard InChI is InChI=1S/C18H12N2/c1-2-6-17-15(4-1)10-16(12-20-17)14-8-7-13-5-3-9-19-18(13)11-14/h1-12H. The molecule has 2 aromatic heterocycles. The molecule has 0 aliphatic carbocycles. The largest absolute Gasteiger partial charge is 0.256 e. The van der Waals surface area contributed by atoms with Crippen LogP contribution in [0.4, 0.5) is 0 Å². The summed E-state index contributed by atoms with van der Waals surface area (Å²) >= 11 is 0. The Morgan fingerprint density at radius 3 is 2.50 bits per heavy atom. The number of hydrogen-bond donors (Lipinski definition) is 0. The Morgan fingerprint density at radius 2 is 1.50 bits per heavy atom. The van der Waals surface area contributed by atoms with Gasteiger partial charge in [-0.3, -0.25) is 9.97 Å². The third-order valence-electron chi connectivity index (χ3n) is 3.53. The molecule has 4 aromatic rings. The average Bonchev–Trinajstić information content (AvgIpc) is 2.54. The predicted octanol–water partition coefficient (Wildman–Crippen LogP) is 4.45. The van der Waals surface area contributed by atoms with Gasteiger partial charge >= 0.3 is 0 Å². The first-order chi connectivity index (χ1) is 9.90. The molecule has 0 unspecified atom stereocenters. The van der Waals surface area contributed by atoms with E-state index in [1.807, 2.05) is 36.7 Å². The van der Waals surface area contributed by atoms with Crippen LogP contribution in [0.15, 0.2) is 73.1 Å². The van der Waals surface area contributed by atoms with Crippen LogP contribution < -0.4 is 0 Å². The van der Waals surface area contributed by atoms with Crippen LogP contribution in [-0.2, 0) is 0 Å². The molecule has 94 valence electrons. The van der Waals surface area contributed by atoms with Crippen LogP contribution in [0, 0.1) is 0 Å². The van der Waals surface area contributed by atoms with E-state index in [-0.39, 0.29) is 0 Å². The minimum Gasteiger partial charge on any atom is -0.256 e. The zero-order valence-corrected chi connectivity index (χ0v) is 10.8. The van der Waals surface area contributed by atoms with Gasteiger partial charge in [-0.1, -0.05) is 36.4 Å². The Hall–Kier alpha value is -2.74. The van der Waals surface area contributed by atoms with Gasteiger partial charge in [0.1, 0.15) is 0 Å². The normalized spacial score (nSPS) is 11.0. The van der Waals surface area contributed by atoms with Crippen LogP contribution in [0.5, 0.6) is 0 Å². The van der Waals surface area contributed by atoms with E-state index >= 15 is 0 Å². The average molecular weight is 256 g/mol. The molecule has 0 atom stereocenters. The Labute approximate surface area is 116 Å². The minimum atomic E-state index is 1.01. The quantitative estimate of drug-likeness (QED) is 0.503. The van der Waals surface area contributed by atoms with Crippen molar-refractivity contribution in [2.24, 2.45) is 0 Å². The van der Waals surface area contributed by atoms with Crippen molar-refractivity contribution in [1.29, 1.82) is 0 Å². The molecule has 0 amide bonds. The zero-order valence-electron chi connectivity index (χ0n) is 10.8. The zero-order chi connectivity index (χ0) is 13.4. The van der Waals surface area contributed by atoms with Crippen LogP contribution in [-0.4, -0.2) is 9.97 Å². The van der Waals surface area contributed by atoms with Crippen LogP contribution in [0.2, 0.25) is 0 Å². The fourth-order valence-corrected chi connectivity index (χ4v) is 2.47. The molecule has 0 N–H and O–H groups in total. The molecule has 0 saturated carbocycles. The van der Waals surface area contributed by atoms with E-state index in [1.54, 1.807) is 0 Å². The molecule has 0 fully saturated rings. The molecular formula is C18H12N2. The van der Waals surface area contributed by atoms with Gasteiger partial charge in [-0.05, 0) is 29.8 Å². The molecule has 2 nitrogen and oxygen atoms in total. The summed E-state index contributed by atoms with van der Waals surface area (Å²) < 4.78 is 0. The summed E-state index contributed by atoms with van der Waals surface area (Å²) in [4.78, 5) is 8.93. The smallest absolute Gasteiger partial charge is 0.0708 e. The van der Waals surface area contributed by atoms with Crippen molar-refractivity contribution in [2.45, 2.75) is 0 Å². The highest BCUT2D eigenvalue weighted by Crippen LogP contribution is 2.25. The van der Waals surface area contributed by atoms with Gasteiger partial charge in [0.05, 0.1) is 11.0 Å². The molecule has 0 aliphatic heterocycles. The number of nitrogens with zero attached hydrogens (tertiary/aromatic N) is 2. The van der Waals surface area contributed by atoms with Gasteiger partial charge in [0.15, 0.2) is 0 Å². The van der Waals surface area contributed by atoms with Crippen molar-refractivity contribution >= 4 is 21.8 Å². The van der Waals surface area contributed by atoms with E-state index in [9.17, 15) is 0 Å². The highest BCUT2D eigenvalue weighted by molar-refractivity contribution is 5.87. The van der Waals surface area contributed by atoms with E-state index in [2.05, 4.69) is 46.4 Å². The van der Waals surface area contributed by atoms with Crippen molar-refractivity contribution in [3.8, 4) is 11.1 Å². The van der Waals surface area contributed by atoms with E-state index < -0.39 is 0 Å². The number of hydrogen-bond acceptors (Lipinski definition) is 2. The number of fused-ring (bicyclic) bond motifs is 2. The molecular weight excluding hydrogens is 244 g/mol. The Kier molecular flexibility index (Phi) is 2.46. The maximum absolute atomic E-state index is 4.52. The van der Waals surface area contributed by atoms with E-state index in [4.69, 9.17) is 0 Å². The highest BCUT2D eigenvalue weighted by atomic mass is 14.7. The van der Waals surface area contributed by atoms with E-state index in [1.165, 1.54) is 0 Å². The minimum absolute atomic E-state index is 1.01. The van der Waals surface area contributed by atoms with Gasteiger partial charge in [0, 0.05) is 28.7 Å². The highest BCUT2D eigenvalue weighted by Gasteiger charge is 2.02. The maximum Gasteiger partial charge on any atom is 0.0708 e. The number of aromatic nitrogens is 2. The molecule has 0 saturated heterocycles. The van der Waals surface area contributed by atoms with Gasteiger partial charge in [-0.15, -0.1) is 0 Å². The lowest BCUT2D eigenvalue weighted by atomic mass is 10.0. The molecule has 2 heteroatoms. The lowest BCUT2D eigenvalue weighted by Crippen LogP contribution is -1.84. The Morgan fingerprint density at radius 1 is 0.600 bits per heavy atom. The van der Waals surface area contributed by atoms with Crippen molar-refractivity contribution in [3.05, 3.63) is 73.1 Å². The summed E-state index contributed by atoms with van der Waals surface area (Å²) in [5.41, 5.74) is 4.30. The summed E-state index contributed by atoms with van der Waals surface area (Å²) in [6.45, 7) is 0. The van der Waals surface area contributed by atoms with Gasteiger partial charge in [0.2, 0.25) is 0 Å². The van der Waals surface area contributed by atoms with Crippen LogP contribution in [0.25, 0.3) is 32.9 Å². The van der Waals surface area contributed by atoms with Crippen LogP contribution >= 0.6 is 0 Å². The van der Waals surface area contributed by atoms with Crippen molar-refractivity contribution < 1.29 is 0 Å². The number of pyridine rings is 2. The molecule has 2 aromatic carbocycles. The molecule has 0 spiro atoms. The van der Waals surface area contributed by atoms with Crippen LogP contribution in [0.1, 0.15) is 0 Å². The van der Waals surface area contributed by atoms with Crippen molar-refractivity contribution in [1.82, 2.24) is 9.97 Å². The molecule has 20 heavy (non-hydrogen) atoms. The fraction of sp³-hybridized carbons (Fsp3) is 0. The third-order valence-corrected chi connectivity index (χ3v) is 3.53. The Bertz CT molecular complexity index is 836. The second kappa shape index (κ2) is 4.42. The maximum atomic E-state index is 4.52. The first-order valence-corrected chi connectivity index (χ1v) is 6.60. The summed E-state index contributed by atoms with van der Waals surface area (Å²) in [5.74, 6) is 0. The van der Waals surface area contributed by atoms with Gasteiger partial charge < -0.3 is 0 Å². The summed E-state index contributed by atoms with van der Waals surface area (Å²) in [6.07, 6.45) is 3.75. The monoisotopic (exact) mass is 256 g/mol. The number of para-hydroxylation sites is 1. The predicted molar refractivity (Wildman–Crippen MR) is 82.5 cm³/mol. The summed E-state index contributed by atoms with van der Waals surface area (Å²) in [5, 5.41) is 2.32. The van der Waals surface area contributed by atoms with E-state index in [0.717, 1.165) is 32.9 Å². The van der Waals surface area contributed by atoms with Crippen LogP contribution in [0.3, 0.4) is 0 Å². The van der Waals surface area contributed by atoms with E-state index in [0.29, 0.717) is 0 Å². The third kappa shape index (κ3) is 1.82. The van der Waals surface area contributed by atoms with Crippen molar-refractivity contribution in [2.75, 3.05) is 0 Å². The lowest BCUT2D eigenvalue weighted by Gasteiger charge is -2.05. The molecule has 0 bridgehead atoms. The van der Waals surface area contributed by atoms with Gasteiger partial charge in [-0.2, -0.15) is 0 Å². The molecule has 4 rings (SSSR count). The fourth-order valence-electron chi connectivity index (χ4n) is 2.47. The van der Waals surface area contributed by atoms with Crippen molar-refractivity contribution in [3.63, 3.8) is 0 Å². The summed E-state index contributed by atoms with van der Waals surface area (Å²) in [7, 11) is 0. The molecule has 0 aliphatic rings. The topological polar surface area (TPSA) is 25.8 Å². The first kappa shape index (κ1) is 11.1. The second-order valence-electron chi connectivity index (χ2n) is 4.83.